The maximum atomic E-state index is 5.50. The summed E-state index contributed by atoms with van der Waals surface area (Å²) in [5.74, 6) is 0.840. The molecule has 0 aliphatic carbocycles. The van der Waals surface area contributed by atoms with Gasteiger partial charge in [0.1, 0.15) is 0 Å². The Morgan fingerprint density at radius 2 is 2.25 bits per heavy atom. The molecule has 12 heavy (non-hydrogen) atoms. The van der Waals surface area contributed by atoms with Crippen LogP contribution in [0.5, 0.6) is 0 Å². The molecule has 0 bridgehead atoms. The van der Waals surface area contributed by atoms with Crippen molar-refractivity contribution in [2.24, 2.45) is 5.73 Å². The molecule has 0 fully saturated rings. The quantitative estimate of drug-likeness (QED) is 0.617. The fraction of sp³-hybridized carbons (Fsp3) is 0.333. The number of nitrogens with two attached hydrogens (primary N) is 1. The number of anilines is 1. The highest BCUT2D eigenvalue weighted by Gasteiger charge is 1.91. The van der Waals surface area contributed by atoms with Crippen molar-refractivity contribution >= 4 is 18.3 Å². The Bertz CT molecular complexity index is 238. The van der Waals surface area contributed by atoms with Crippen LogP contribution in [-0.4, -0.2) is 12.3 Å². The fourth-order valence-corrected chi connectivity index (χ4v) is 1.12. The zero-order chi connectivity index (χ0) is 8.81. The molecular formula is C9H14N2S. The fourth-order valence-electron chi connectivity index (χ4n) is 1.01. The monoisotopic (exact) mass is 182 g/mol. The molecule has 0 heterocycles. The maximum absolute atomic E-state index is 5.50. The molecule has 0 saturated carbocycles. The largest absolute Gasteiger partial charge is 0.384 e. The summed E-state index contributed by atoms with van der Waals surface area (Å²) in [6.45, 7) is 1.48. The van der Waals surface area contributed by atoms with Gasteiger partial charge in [0.25, 0.3) is 0 Å². The van der Waals surface area contributed by atoms with E-state index in [1.807, 2.05) is 18.2 Å². The van der Waals surface area contributed by atoms with E-state index in [0.717, 1.165) is 23.5 Å². The van der Waals surface area contributed by atoms with Crippen molar-refractivity contribution in [2.45, 2.75) is 6.54 Å². The molecule has 0 aliphatic heterocycles. The number of thiol groups is 1. The van der Waals surface area contributed by atoms with Crippen LogP contribution in [0, 0.1) is 0 Å². The first-order chi connectivity index (χ1) is 5.86. The van der Waals surface area contributed by atoms with Gasteiger partial charge >= 0.3 is 0 Å². The first kappa shape index (κ1) is 9.42. The number of benzene rings is 1. The predicted molar refractivity (Wildman–Crippen MR) is 56.7 cm³/mol. The summed E-state index contributed by atoms with van der Waals surface area (Å²) in [5.41, 5.74) is 7.77. The minimum absolute atomic E-state index is 0.594. The van der Waals surface area contributed by atoms with Crippen molar-refractivity contribution in [1.82, 2.24) is 0 Å². The van der Waals surface area contributed by atoms with Crippen LogP contribution in [0.15, 0.2) is 24.3 Å². The van der Waals surface area contributed by atoms with E-state index in [0.29, 0.717) is 6.54 Å². The Kier molecular flexibility index (Phi) is 3.97. The molecule has 0 unspecified atom stereocenters. The highest BCUT2D eigenvalue weighted by molar-refractivity contribution is 7.80. The van der Waals surface area contributed by atoms with E-state index >= 15 is 0 Å². The number of hydrogen-bond donors (Lipinski definition) is 3. The highest BCUT2D eigenvalue weighted by Crippen LogP contribution is 2.09. The van der Waals surface area contributed by atoms with Gasteiger partial charge in [-0.15, -0.1) is 0 Å². The van der Waals surface area contributed by atoms with Crippen LogP contribution in [0.25, 0.3) is 0 Å². The van der Waals surface area contributed by atoms with Crippen LogP contribution in [0.3, 0.4) is 0 Å². The maximum Gasteiger partial charge on any atom is 0.0343 e. The molecule has 0 amide bonds. The minimum Gasteiger partial charge on any atom is -0.384 e. The van der Waals surface area contributed by atoms with E-state index in [9.17, 15) is 0 Å². The van der Waals surface area contributed by atoms with Crippen LogP contribution in [0.2, 0.25) is 0 Å². The molecule has 1 rings (SSSR count). The lowest BCUT2D eigenvalue weighted by Gasteiger charge is -2.05. The summed E-state index contributed by atoms with van der Waals surface area (Å²) in [4.78, 5) is 0. The first-order valence-electron chi connectivity index (χ1n) is 4.00. The molecule has 0 aliphatic rings. The van der Waals surface area contributed by atoms with Crippen LogP contribution in [0.4, 0.5) is 5.69 Å². The minimum atomic E-state index is 0.594. The molecule has 2 nitrogen and oxygen atoms in total. The van der Waals surface area contributed by atoms with Gasteiger partial charge in [-0.25, -0.2) is 0 Å². The topological polar surface area (TPSA) is 38.0 Å². The molecule has 3 N–H and O–H groups in total. The van der Waals surface area contributed by atoms with Gasteiger partial charge in [-0.05, 0) is 17.7 Å². The van der Waals surface area contributed by atoms with Crippen LogP contribution >= 0.6 is 12.6 Å². The van der Waals surface area contributed by atoms with Gasteiger partial charge in [0.2, 0.25) is 0 Å². The summed E-state index contributed by atoms with van der Waals surface area (Å²) in [5, 5.41) is 3.24. The van der Waals surface area contributed by atoms with Crippen LogP contribution in [-0.2, 0) is 6.54 Å². The SMILES string of the molecule is NCc1cccc(NCCS)c1. The lowest BCUT2D eigenvalue weighted by atomic mass is 10.2. The Hall–Kier alpha value is -0.670. The number of hydrogen-bond acceptors (Lipinski definition) is 3. The third kappa shape index (κ3) is 2.75. The Balaban J connectivity index is 2.60. The molecule has 0 saturated heterocycles. The van der Waals surface area contributed by atoms with Crippen LogP contribution in [0.1, 0.15) is 5.56 Å². The van der Waals surface area contributed by atoms with Gasteiger partial charge in [0.05, 0.1) is 0 Å². The molecule has 3 heteroatoms. The number of rotatable bonds is 4. The van der Waals surface area contributed by atoms with Crippen molar-refractivity contribution < 1.29 is 0 Å². The zero-order valence-corrected chi connectivity index (χ0v) is 7.85. The second kappa shape index (κ2) is 5.06. The Morgan fingerprint density at radius 3 is 2.92 bits per heavy atom. The van der Waals surface area contributed by atoms with Crippen molar-refractivity contribution in [3.8, 4) is 0 Å². The van der Waals surface area contributed by atoms with Gasteiger partial charge in [-0.2, -0.15) is 12.6 Å². The summed E-state index contributed by atoms with van der Waals surface area (Å²) in [6, 6.07) is 8.11. The lowest BCUT2D eigenvalue weighted by molar-refractivity contribution is 1.07. The molecule has 1 aromatic rings. The predicted octanol–water partition coefficient (Wildman–Crippen LogP) is 1.49. The van der Waals surface area contributed by atoms with Gasteiger partial charge in [-0.3, -0.25) is 0 Å². The first-order valence-corrected chi connectivity index (χ1v) is 4.64. The molecular weight excluding hydrogens is 168 g/mol. The Morgan fingerprint density at radius 1 is 1.42 bits per heavy atom. The van der Waals surface area contributed by atoms with E-state index in [2.05, 4.69) is 24.0 Å². The molecule has 0 aromatic heterocycles. The van der Waals surface area contributed by atoms with E-state index < -0.39 is 0 Å². The standard InChI is InChI=1S/C9H14N2S/c10-7-8-2-1-3-9(6-8)11-4-5-12/h1-3,6,11-12H,4-5,7,10H2. The summed E-state index contributed by atoms with van der Waals surface area (Å²) in [7, 11) is 0. The molecule has 66 valence electrons. The van der Waals surface area contributed by atoms with E-state index in [4.69, 9.17) is 5.73 Å². The van der Waals surface area contributed by atoms with Crippen molar-refractivity contribution in [1.29, 1.82) is 0 Å². The second-order valence-corrected chi connectivity index (χ2v) is 3.00. The third-order valence-electron chi connectivity index (χ3n) is 1.60. The normalized spacial score (nSPS) is 9.83. The van der Waals surface area contributed by atoms with Crippen molar-refractivity contribution in [2.75, 3.05) is 17.6 Å². The van der Waals surface area contributed by atoms with Crippen molar-refractivity contribution in [3.05, 3.63) is 29.8 Å². The average molecular weight is 182 g/mol. The summed E-state index contributed by atoms with van der Waals surface area (Å²) >= 11 is 4.11. The van der Waals surface area contributed by atoms with E-state index in [1.165, 1.54) is 0 Å². The second-order valence-electron chi connectivity index (χ2n) is 2.55. The number of nitrogens with one attached hydrogen (secondary N) is 1. The molecule has 0 radical (unpaired) electrons. The van der Waals surface area contributed by atoms with Crippen LogP contribution < -0.4 is 11.1 Å². The van der Waals surface area contributed by atoms with Gasteiger partial charge in [-0.1, -0.05) is 12.1 Å². The van der Waals surface area contributed by atoms with E-state index in [-0.39, 0.29) is 0 Å². The zero-order valence-electron chi connectivity index (χ0n) is 6.96. The van der Waals surface area contributed by atoms with Crippen molar-refractivity contribution in [3.63, 3.8) is 0 Å². The lowest BCUT2D eigenvalue weighted by Crippen LogP contribution is -2.03. The molecule has 1 aromatic carbocycles. The smallest absolute Gasteiger partial charge is 0.0343 e. The van der Waals surface area contributed by atoms with Gasteiger partial charge < -0.3 is 11.1 Å². The van der Waals surface area contributed by atoms with Gasteiger partial charge in [0, 0.05) is 24.5 Å². The Labute approximate surface area is 78.6 Å². The molecule has 0 spiro atoms. The third-order valence-corrected chi connectivity index (χ3v) is 1.83. The molecule has 0 atom stereocenters. The highest BCUT2D eigenvalue weighted by atomic mass is 32.1. The summed E-state index contributed by atoms with van der Waals surface area (Å²) < 4.78 is 0. The van der Waals surface area contributed by atoms with Gasteiger partial charge in [0.15, 0.2) is 0 Å². The average Bonchev–Trinajstić information content (AvgIpc) is 2.15. The summed E-state index contributed by atoms with van der Waals surface area (Å²) in [6.07, 6.45) is 0. The van der Waals surface area contributed by atoms with E-state index in [1.54, 1.807) is 0 Å².